The summed E-state index contributed by atoms with van der Waals surface area (Å²) in [6.45, 7) is -1.09. The normalized spacial score (nSPS) is 32.0. The summed E-state index contributed by atoms with van der Waals surface area (Å²) in [5, 5.41) is 41.8. The van der Waals surface area contributed by atoms with Crippen molar-refractivity contribution < 1.29 is 38.9 Å². The molecule has 2 saturated carbocycles. The maximum Gasteiger partial charge on any atom is 0.472 e. The number of nitrogens with zero attached hydrogens (tertiary/aromatic N) is 4. The van der Waals surface area contributed by atoms with Gasteiger partial charge in [-0.25, -0.2) is 14.3 Å². The molecule has 3 aromatic rings. The molecule has 19 heteroatoms. The average Bonchev–Trinajstić information content (AvgIpc) is 3.53. The number of aromatic nitrogens is 6. The Morgan fingerprint density at radius 1 is 1.05 bits per heavy atom. The Labute approximate surface area is 223 Å². The Balaban J connectivity index is 1.27. The number of rotatable bonds is 8. The number of nitrogens with two attached hydrogens (primary N) is 1. The number of anilines is 1. The Hall–Kier alpha value is -3.22. The van der Waals surface area contributed by atoms with E-state index >= 15 is 0 Å². The number of nitrogen functional groups attached to an aromatic ring is 1. The molecule has 40 heavy (non-hydrogen) atoms. The summed E-state index contributed by atoms with van der Waals surface area (Å²) in [4.78, 5) is 58.4. The molecule has 0 spiro atoms. The molecule has 2 aliphatic rings. The zero-order valence-corrected chi connectivity index (χ0v) is 21.6. The molecule has 9 N–H and O–H groups in total. The summed E-state index contributed by atoms with van der Waals surface area (Å²) in [6.07, 6.45) is -3.27. The van der Waals surface area contributed by atoms with Crippen molar-refractivity contribution in [3.63, 3.8) is 0 Å². The minimum Gasteiger partial charge on any atom is -0.396 e. The van der Waals surface area contributed by atoms with Gasteiger partial charge >= 0.3 is 13.5 Å². The van der Waals surface area contributed by atoms with Gasteiger partial charge in [0.2, 0.25) is 5.95 Å². The number of hydrogen-bond acceptors (Lipinski definition) is 13. The Morgan fingerprint density at radius 2 is 1.75 bits per heavy atom. The summed E-state index contributed by atoms with van der Waals surface area (Å²) in [6, 6.07) is -0.729. The van der Waals surface area contributed by atoms with E-state index in [0.717, 1.165) is 16.8 Å². The van der Waals surface area contributed by atoms with Crippen LogP contribution in [0.4, 0.5) is 5.95 Å². The number of phosphoric acid groups is 1. The van der Waals surface area contributed by atoms with Gasteiger partial charge in [-0.2, -0.15) is 4.98 Å². The number of nitrogens with one attached hydrogen (secondary N) is 2. The zero-order chi connectivity index (χ0) is 28.9. The van der Waals surface area contributed by atoms with E-state index in [1.54, 1.807) is 0 Å². The van der Waals surface area contributed by atoms with Crippen molar-refractivity contribution in [3.8, 4) is 0 Å². The molecule has 2 aliphatic carbocycles. The number of aliphatic hydroxyl groups is 4. The fourth-order valence-corrected chi connectivity index (χ4v) is 6.52. The predicted molar refractivity (Wildman–Crippen MR) is 134 cm³/mol. The van der Waals surface area contributed by atoms with E-state index < -0.39 is 86.2 Å². The van der Waals surface area contributed by atoms with Crippen LogP contribution < -0.4 is 22.5 Å². The first-order chi connectivity index (χ1) is 18.9. The summed E-state index contributed by atoms with van der Waals surface area (Å²) >= 11 is 0. The number of aliphatic hydroxyl groups excluding tert-OH is 4. The Kier molecular flexibility index (Phi) is 7.53. The highest BCUT2D eigenvalue weighted by molar-refractivity contribution is 7.47. The summed E-state index contributed by atoms with van der Waals surface area (Å²) in [5.41, 5.74) is 3.62. The van der Waals surface area contributed by atoms with Crippen molar-refractivity contribution in [2.24, 2.45) is 11.8 Å². The highest BCUT2D eigenvalue weighted by Gasteiger charge is 2.49. The lowest BCUT2D eigenvalue weighted by Gasteiger charge is -2.25. The van der Waals surface area contributed by atoms with Gasteiger partial charge in [0.05, 0.1) is 31.1 Å². The summed E-state index contributed by atoms with van der Waals surface area (Å²) < 4.78 is 25.5. The molecule has 218 valence electrons. The minimum absolute atomic E-state index is 0.0102. The molecule has 1 unspecified atom stereocenters. The molecule has 0 radical (unpaired) electrons. The number of phosphoric ester groups is 1. The van der Waals surface area contributed by atoms with Crippen LogP contribution in [0.2, 0.25) is 0 Å². The number of H-pyrrole nitrogens is 2. The van der Waals surface area contributed by atoms with Gasteiger partial charge in [-0.05, 0) is 12.8 Å². The largest absolute Gasteiger partial charge is 0.472 e. The number of hydrogen-bond donors (Lipinski definition) is 8. The van der Waals surface area contributed by atoms with Crippen molar-refractivity contribution >= 4 is 24.9 Å². The van der Waals surface area contributed by atoms with Crippen LogP contribution >= 0.6 is 7.82 Å². The second-order valence-electron chi connectivity index (χ2n) is 9.91. The molecule has 0 aromatic carbocycles. The van der Waals surface area contributed by atoms with Gasteiger partial charge < -0.3 is 35.6 Å². The van der Waals surface area contributed by atoms with E-state index in [1.807, 2.05) is 0 Å². The van der Waals surface area contributed by atoms with Crippen LogP contribution in [0.25, 0.3) is 11.2 Å². The van der Waals surface area contributed by atoms with Gasteiger partial charge in [-0.1, -0.05) is 0 Å². The number of fused-ring (bicyclic) bond motifs is 1. The SMILES string of the molecule is Nc1nc2c(ncn2[C@@H]2C[C@H](COP(=O)(O)O[C@@H]3[C@@H](CO)C[C@@H](n4ccc(=O)[nH]c4=O)[C@@H]3O)[C@@H](O)[C@H]2O)c(=O)[nH]1. The lowest BCUT2D eigenvalue weighted by Crippen LogP contribution is -2.38. The third kappa shape index (κ3) is 5.15. The molecule has 5 rings (SSSR count). The van der Waals surface area contributed by atoms with E-state index in [2.05, 4.69) is 19.9 Å². The van der Waals surface area contributed by atoms with Gasteiger partial charge in [-0.15, -0.1) is 0 Å². The van der Waals surface area contributed by atoms with Crippen molar-refractivity contribution in [1.29, 1.82) is 0 Å². The van der Waals surface area contributed by atoms with Crippen LogP contribution in [0, 0.1) is 11.8 Å². The topological polar surface area (TPSA) is 281 Å². The van der Waals surface area contributed by atoms with Gasteiger partial charge in [0.15, 0.2) is 11.2 Å². The Morgan fingerprint density at radius 3 is 2.45 bits per heavy atom. The van der Waals surface area contributed by atoms with Crippen molar-refractivity contribution in [2.45, 2.75) is 49.3 Å². The van der Waals surface area contributed by atoms with Crippen molar-refractivity contribution in [3.05, 3.63) is 49.8 Å². The minimum atomic E-state index is -4.90. The molecule has 18 nitrogen and oxygen atoms in total. The molecule has 3 heterocycles. The molecule has 9 atom stereocenters. The average molecular weight is 585 g/mol. The third-order valence-corrected chi connectivity index (χ3v) is 8.45. The van der Waals surface area contributed by atoms with Crippen LogP contribution in [0.5, 0.6) is 0 Å². The van der Waals surface area contributed by atoms with Crippen LogP contribution in [-0.4, -0.2) is 92.0 Å². The summed E-state index contributed by atoms with van der Waals surface area (Å²) in [5.74, 6) is -1.90. The summed E-state index contributed by atoms with van der Waals surface area (Å²) in [7, 11) is -4.90. The number of imidazole rings is 1. The molecular formula is C21H28N7O11P. The first-order valence-corrected chi connectivity index (χ1v) is 13.7. The van der Waals surface area contributed by atoms with E-state index in [1.165, 1.54) is 10.9 Å². The lowest BCUT2D eigenvalue weighted by molar-refractivity contribution is -0.0232. The van der Waals surface area contributed by atoms with Gasteiger partial charge in [-0.3, -0.25) is 33.2 Å². The first kappa shape index (κ1) is 28.3. The maximum absolute atomic E-state index is 12.8. The van der Waals surface area contributed by atoms with E-state index in [4.69, 9.17) is 14.8 Å². The zero-order valence-electron chi connectivity index (χ0n) is 20.7. The maximum atomic E-state index is 12.8. The highest BCUT2D eigenvalue weighted by atomic mass is 31.2. The molecule has 0 saturated heterocycles. The van der Waals surface area contributed by atoms with Crippen molar-refractivity contribution in [2.75, 3.05) is 18.9 Å². The lowest BCUT2D eigenvalue weighted by atomic mass is 10.1. The second-order valence-corrected chi connectivity index (χ2v) is 11.3. The van der Waals surface area contributed by atoms with Crippen molar-refractivity contribution in [1.82, 2.24) is 29.1 Å². The van der Waals surface area contributed by atoms with E-state index in [9.17, 15) is 44.3 Å². The van der Waals surface area contributed by atoms with E-state index in [-0.39, 0.29) is 30.0 Å². The quantitative estimate of drug-likeness (QED) is 0.122. The number of aromatic amines is 2. The Bertz CT molecular complexity index is 1620. The standard InChI is InChI=1S/C21H28N7O11P/c22-20-25-18-13(19(34)26-20)23-7-28(18)10-4-9(14(31)15(10)32)6-38-40(36,37)39-17-8(5-29)3-11(16(17)33)27-2-1-12(30)24-21(27)35/h1-2,7-11,14-17,29,31-33H,3-6H2,(H,36,37)(H,24,30,35)(H3,22,25,26,34)/t8-,9-,10-,11-,14-,15+,16+,17-/m1/s1. The predicted octanol–water partition coefficient (Wildman–Crippen LogP) is -3.05. The fourth-order valence-electron chi connectivity index (χ4n) is 5.48. The molecule has 0 aliphatic heterocycles. The van der Waals surface area contributed by atoms with Crippen LogP contribution in [0.3, 0.4) is 0 Å². The molecule has 2 fully saturated rings. The smallest absolute Gasteiger partial charge is 0.396 e. The fraction of sp³-hybridized carbons (Fsp3) is 0.571. The molecule has 0 bridgehead atoms. The van der Waals surface area contributed by atoms with E-state index in [0.29, 0.717) is 0 Å². The van der Waals surface area contributed by atoms with Gasteiger partial charge in [0.25, 0.3) is 11.1 Å². The second kappa shape index (κ2) is 10.6. The molecule has 0 amide bonds. The van der Waals surface area contributed by atoms with Crippen LogP contribution in [0.15, 0.2) is 33.0 Å². The third-order valence-electron chi connectivity index (χ3n) is 7.47. The first-order valence-electron chi connectivity index (χ1n) is 12.2. The van der Waals surface area contributed by atoms with Gasteiger partial charge in [0.1, 0.15) is 18.3 Å². The monoisotopic (exact) mass is 585 g/mol. The molecule has 3 aromatic heterocycles. The van der Waals surface area contributed by atoms with Crippen LogP contribution in [0.1, 0.15) is 24.9 Å². The molecular weight excluding hydrogens is 557 g/mol. The van der Waals surface area contributed by atoms with Crippen LogP contribution in [-0.2, 0) is 13.6 Å². The van der Waals surface area contributed by atoms with Gasteiger partial charge in [0, 0.05) is 30.7 Å². The highest BCUT2D eigenvalue weighted by Crippen LogP contribution is 2.51.